The van der Waals surface area contributed by atoms with Gasteiger partial charge in [-0.3, -0.25) is 10.2 Å². The van der Waals surface area contributed by atoms with Crippen molar-refractivity contribution in [3.05, 3.63) is 29.3 Å². The third-order valence-electron chi connectivity index (χ3n) is 2.49. The molecule has 0 aliphatic heterocycles. The number of amides is 1. The SMILES string of the molecule is CCC(Oc1ccc(C#N)cc1C(F)(F)F)C(=O)NN. The number of hydrogen-bond acceptors (Lipinski definition) is 4. The van der Waals surface area contributed by atoms with E-state index in [-0.39, 0.29) is 12.0 Å². The third kappa shape index (κ3) is 3.61. The van der Waals surface area contributed by atoms with Crippen LogP contribution >= 0.6 is 0 Å². The Morgan fingerprint density at radius 1 is 1.55 bits per heavy atom. The molecule has 1 unspecified atom stereocenters. The molecule has 0 radical (unpaired) electrons. The van der Waals surface area contributed by atoms with Crippen LogP contribution in [0.4, 0.5) is 13.2 Å². The van der Waals surface area contributed by atoms with E-state index in [0.717, 1.165) is 6.07 Å². The molecule has 0 fully saturated rings. The number of hydrogen-bond donors (Lipinski definition) is 2. The summed E-state index contributed by atoms with van der Waals surface area (Å²) >= 11 is 0. The number of nitrogens with two attached hydrogens (primary N) is 1. The van der Waals surface area contributed by atoms with E-state index in [0.29, 0.717) is 6.07 Å². The molecule has 0 aliphatic carbocycles. The van der Waals surface area contributed by atoms with Gasteiger partial charge in [0.25, 0.3) is 5.91 Å². The fraction of sp³-hybridized carbons (Fsp3) is 0.333. The van der Waals surface area contributed by atoms with E-state index in [2.05, 4.69) is 0 Å². The highest BCUT2D eigenvalue weighted by atomic mass is 19.4. The van der Waals surface area contributed by atoms with E-state index < -0.39 is 29.5 Å². The summed E-state index contributed by atoms with van der Waals surface area (Å²) < 4.78 is 43.7. The van der Waals surface area contributed by atoms with Crippen molar-refractivity contribution in [2.24, 2.45) is 5.84 Å². The van der Waals surface area contributed by atoms with Crippen LogP contribution in [0.25, 0.3) is 0 Å². The summed E-state index contributed by atoms with van der Waals surface area (Å²) in [6, 6.07) is 4.47. The van der Waals surface area contributed by atoms with E-state index in [9.17, 15) is 18.0 Å². The van der Waals surface area contributed by atoms with E-state index in [1.165, 1.54) is 6.07 Å². The maximum atomic E-state index is 12.9. The zero-order valence-corrected chi connectivity index (χ0v) is 10.5. The Balaban J connectivity index is 3.18. The Morgan fingerprint density at radius 3 is 2.65 bits per heavy atom. The molecule has 1 rings (SSSR count). The van der Waals surface area contributed by atoms with Crippen LogP contribution in [0.3, 0.4) is 0 Å². The topological polar surface area (TPSA) is 88.1 Å². The first-order valence-electron chi connectivity index (χ1n) is 5.62. The monoisotopic (exact) mass is 287 g/mol. The molecule has 1 aromatic rings. The molecule has 0 aliphatic rings. The fourth-order valence-corrected chi connectivity index (χ4v) is 1.49. The Bertz CT molecular complexity index is 538. The predicted octanol–water partition coefficient (Wildman–Crippen LogP) is 1.72. The normalized spacial score (nSPS) is 12.4. The summed E-state index contributed by atoms with van der Waals surface area (Å²) in [6.45, 7) is 1.57. The second-order valence-electron chi connectivity index (χ2n) is 3.84. The van der Waals surface area contributed by atoms with Gasteiger partial charge in [0.05, 0.1) is 17.2 Å². The summed E-state index contributed by atoms with van der Waals surface area (Å²) in [6.07, 6.45) is -5.70. The first-order chi connectivity index (χ1) is 9.33. The van der Waals surface area contributed by atoms with Crippen molar-refractivity contribution in [3.8, 4) is 11.8 Å². The van der Waals surface area contributed by atoms with Crippen molar-refractivity contribution in [2.45, 2.75) is 25.6 Å². The Labute approximate surface area is 113 Å². The van der Waals surface area contributed by atoms with Crippen molar-refractivity contribution in [1.29, 1.82) is 5.26 Å². The van der Waals surface area contributed by atoms with Gasteiger partial charge in [-0.05, 0) is 24.6 Å². The molecule has 1 amide bonds. The van der Waals surface area contributed by atoms with Crippen LogP contribution < -0.4 is 16.0 Å². The minimum atomic E-state index is -4.69. The summed E-state index contributed by atoms with van der Waals surface area (Å²) in [7, 11) is 0. The lowest BCUT2D eigenvalue weighted by Crippen LogP contribution is -2.42. The molecule has 20 heavy (non-hydrogen) atoms. The van der Waals surface area contributed by atoms with Gasteiger partial charge >= 0.3 is 6.18 Å². The lowest BCUT2D eigenvalue weighted by atomic mass is 10.1. The number of nitrogens with one attached hydrogen (secondary N) is 1. The average Bonchev–Trinajstić information content (AvgIpc) is 2.42. The molecule has 5 nitrogen and oxygen atoms in total. The largest absolute Gasteiger partial charge is 0.480 e. The molecule has 108 valence electrons. The minimum Gasteiger partial charge on any atom is -0.480 e. The number of carbonyl (C=O) groups excluding carboxylic acids is 1. The van der Waals surface area contributed by atoms with E-state index in [1.807, 2.05) is 5.43 Å². The lowest BCUT2D eigenvalue weighted by Gasteiger charge is -2.19. The standard InChI is InChI=1S/C12H12F3N3O2/c1-2-9(11(19)18-17)20-10-4-3-7(6-16)5-8(10)12(13,14)15/h3-5,9H,2,17H2,1H3,(H,18,19). The van der Waals surface area contributed by atoms with Gasteiger partial charge in [-0.1, -0.05) is 6.92 Å². The zero-order valence-electron chi connectivity index (χ0n) is 10.5. The maximum absolute atomic E-state index is 12.9. The summed E-state index contributed by atoms with van der Waals surface area (Å²) in [4.78, 5) is 11.3. The number of halogens is 3. The molecule has 1 atom stereocenters. The zero-order chi connectivity index (χ0) is 15.3. The van der Waals surface area contributed by atoms with Crippen LogP contribution in [-0.4, -0.2) is 12.0 Å². The summed E-state index contributed by atoms with van der Waals surface area (Å²) in [5.74, 6) is 3.67. The Kier molecular flexibility index (Phi) is 4.94. The second-order valence-corrected chi connectivity index (χ2v) is 3.84. The maximum Gasteiger partial charge on any atom is 0.420 e. The van der Waals surface area contributed by atoms with Crippen LogP contribution in [0.1, 0.15) is 24.5 Å². The van der Waals surface area contributed by atoms with Crippen LogP contribution in [0.15, 0.2) is 18.2 Å². The van der Waals surface area contributed by atoms with Gasteiger partial charge in [0.15, 0.2) is 6.10 Å². The highest BCUT2D eigenvalue weighted by Crippen LogP contribution is 2.37. The summed E-state index contributed by atoms with van der Waals surface area (Å²) in [5.41, 5.74) is 0.556. The van der Waals surface area contributed by atoms with Crippen LogP contribution in [0, 0.1) is 11.3 Å². The second kappa shape index (κ2) is 6.25. The first kappa shape index (κ1) is 15.8. The average molecular weight is 287 g/mol. The third-order valence-corrected chi connectivity index (χ3v) is 2.49. The quantitative estimate of drug-likeness (QED) is 0.501. The van der Waals surface area contributed by atoms with Crippen LogP contribution in [0.2, 0.25) is 0 Å². The molecule has 0 saturated heterocycles. The number of hydrazine groups is 1. The molecule has 0 saturated carbocycles. The van der Waals surface area contributed by atoms with Gasteiger partial charge in [0.1, 0.15) is 5.75 Å². The van der Waals surface area contributed by atoms with Crippen molar-refractivity contribution >= 4 is 5.91 Å². The molecule has 3 N–H and O–H groups in total. The minimum absolute atomic E-state index is 0.139. The number of nitrogens with zero attached hydrogens (tertiary/aromatic N) is 1. The van der Waals surface area contributed by atoms with E-state index in [1.54, 1.807) is 13.0 Å². The first-order valence-corrected chi connectivity index (χ1v) is 5.62. The molecule has 0 bridgehead atoms. The molecule has 1 aromatic carbocycles. The Hall–Kier alpha value is -2.27. The van der Waals surface area contributed by atoms with E-state index in [4.69, 9.17) is 15.8 Å². The molecule has 8 heteroatoms. The molecule has 0 aromatic heterocycles. The lowest BCUT2D eigenvalue weighted by molar-refractivity contribution is -0.141. The van der Waals surface area contributed by atoms with Gasteiger partial charge in [-0.25, -0.2) is 5.84 Å². The van der Waals surface area contributed by atoms with Gasteiger partial charge < -0.3 is 4.74 Å². The van der Waals surface area contributed by atoms with Crippen LogP contribution in [0.5, 0.6) is 5.75 Å². The highest BCUT2D eigenvalue weighted by molar-refractivity contribution is 5.80. The van der Waals surface area contributed by atoms with Crippen LogP contribution in [-0.2, 0) is 11.0 Å². The van der Waals surface area contributed by atoms with Gasteiger partial charge in [0, 0.05) is 0 Å². The van der Waals surface area contributed by atoms with Crippen molar-refractivity contribution < 1.29 is 22.7 Å². The van der Waals surface area contributed by atoms with Gasteiger partial charge in [-0.2, -0.15) is 18.4 Å². The Morgan fingerprint density at radius 2 is 2.20 bits per heavy atom. The molecule has 0 spiro atoms. The highest BCUT2D eigenvalue weighted by Gasteiger charge is 2.35. The number of rotatable bonds is 4. The number of alkyl halides is 3. The van der Waals surface area contributed by atoms with Crippen molar-refractivity contribution in [2.75, 3.05) is 0 Å². The predicted molar refractivity (Wildman–Crippen MR) is 63.2 cm³/mol. The van der Waals surface area contributed by atoms with Crippen molar-refractivity contribution in [1.82, 2.24) is 5.43 Å². The number of benzene rings is 1. The molecular formula is C12H12F3N3O2. The number of nitriles is 1. The van der Waals surface area contributed by atoms with E-state index >= 15 is 0 Å². The fourth-order valence-electron chi connectivity index (χ4n) is 1.49. The molecular weight excluding hydrogens is 275 g/mol. The van der Waals surface area contributed by atoms with Gasteiger partial charge in [0.2, 0.25) is 0 Å². The number of ether oxygens (including phenoxy) is 1. The summed E-state index contributed by atoms with van der Waals surface area (Å²) in [5, 5.41) is 8.63. The smallest absolute Gasteiger partial charge is 0.420 e. The molecule has 0 heterocycles. The number of carbonyl (C=O) groups is 1. The van der Waals surface area contributed by atoms with Gasteiger partial charge in [-0.15, -0.1) is 0 Å². The van der Waals surface area contributed by atoms with Crippen molar-refractivity contribution in [3.63, 3.8) is 0 Å².